The fraction of sp³-hybridized carbons (Fsp3) is 0. The number of nitrogen functional groups attached to an aromatic ring is 1. The lowest BCUT2D eigenvalue weighted by Gasteiger charge is -2.07. The number of aromatic nitrogens is 2. The van der Waals surface area contributed by atoms with Crippen LogP contribution in [0.4, 0.5) is 11.5 Å². The van der Waals surface area contributed by atoms with Gasteiger partial charge in [0.25, 0.3) is 5.91 Å². The first-order valence-corrected chi connectivity index (χ1v) is 7.72. The Morgan fingerprint density at radius 2 is 1.92 bits per heavy atom. The predicted octanol–water partition coefficient (Wildman–Crippen LogP) is 4.20. The quantitative estimate of drug-likeness (QED) is 0.513. The van der Waals surface area contributed by atoms with Gasteiger partial charge in [-0.1, -0.05) is 29.8 Å². The molecule has 0 fully saturated rings. The summed E-state index contributed by atoms with van der Waals surface area (Å²) in [4.78, 5) is 19.8. The van der Waals surface area contributed by atoms with Gasteiger partial charge in [-0.15, -0.1) is 0 Å². The van der Waals surface area contributed by atoms with Crippen LogP contribution in [0.1, 0.15) is 10.4 Å². The van der Waals surface area contributed by atoms with E-state index >= 15 is 0 Å². The molecule has 4 aromatic rings. The highest BCUT2D eigenvalue weighted by Gasteiger charge is 2.13. The smallest absolute Gasteiger partial charge is 0.255 e. The van der Waals surface area contributed by atoms with Crippen molar-refractivity contribution in [1.29, 1.82) is 0 Å². The van der Waals surface area contributed by atoms with Crippen LogP contribution in [0.5, 0.6) is 0 Å². The first-order valence-electron chi connectivity index (χ1n) is 7.34. The molecule has 0 atom stereocenters. The largest absolute Gasteiger partial charge is 0.384 e. The zero-order chi connectivity index (χ0) is 16.7. The number of nitrogens with one attached hydrogen (secondary N) is 2. The predicted molar refractivity (Wildman–Crippen MR) is 97.4 cm³/mol. The molecule has 0 saturated heterocycles. The summed E-state index contributed by atoms with van der Waals surface area (Å²) in [6.07, 6.45) is 1.67. The Hall–Kier alpha value is -3.05. The first kappa shape index (κ1) is 14.5. The minimum absolute atomic E-state index is 0.199. The van der Waals surface area contributed by atoms with Crippen LogP contribution in [0.2, 0.25) is 5.02 Å². The van der Waals surface area contributed by atoms with Gasteiger partial charge in [0.2, 0.25) is 0 Å². The van der Waals surface area contributed by atoms with E-state index in [-0.39, 0.29) is 5.91 Å². The van der Waals surface area contributed by atoms with E-state index in [0.29, 0.717) is 22.1 Å². The number of nitrogens with zero attached hydrogens (tertiary/aromatic N) is 1. The molecule has 4 rings (SSSR count). The van der Waals surface area contributed by atoms with Gasteiger partial charge in [0, 0.05) is 21.4 Å². The van der Waals surface area contributed by atoms with Crippen LogP contribution >= 0.6 is 11.6 Å². The summed E-state index contributed by atoms with van der Waals surface area (Å²) >= 11 is 6.24. The number of carbonyl (C=O) groups excluding carboxylic acids is 1. The molecule has 118 valence electrons. The molecule has 0 saturated carbocycles. The third-order valence-electron chi connectivity index (χ3n) is 3.86. The van der Waals surface area contributed by atoms with Gasteiger partial charge in [-0.3, -0.25) is 4.79 Å². The molecule has 0 aliphatic heterocycles. The molecule has 0 aliphatic rings. The second-order valence-electron chi connectivity index (χ2n) is 5.48. The van der Waals surface area contributed by atoms with Gasteiger partial charge in [-0.2, -0.15) is 0 Å². The van der Waals surface area contributed by atoms with E-state index in [0.717, 1.165) is 21.8 Å². The van der Waals surface area contributed by atoms with Gasteiger partial charge < -0.3 is 16.0 Å². The molecule has 24 heavy (non-hydrogen) atoms. The van der Waals surface area contributed by atoms with E-state index in [1.807, 2.05) is 24.3 Å². The Morgan fingerprint density at radius 3 is 2.71 bits per heavy atom. The Balaban J connectivity index is 1.86. The van der Waals surface area contributed by atoms with Crippen molar-refractivity contribution in [3.8, 4) is 0 Å². The van der Waals surface area contributed by atoms with Crippen molar-refractivity contribution in [2.75, 3.05) is 11.1 Å². The van der Waals surface area contributed by atoms with Gasteiger partial charge in [-0.05, 0) is 30.3 Å². The van der Waals surface area contributed by atoms with E-state index < -0.39 is 0 Å². The van der Waals surface area contributed by atoms with Crippen LogP contribution in [0.25, 0.3) is 21.8 Å². The van der Waals surface area contributed by atoms with Gasteiger partial charge >= 0.3 is 0 Å². The average molecular weight is 337 g/mol. The molecular weight excluding hydrogens is 324 g/mol. The standard InChI is InChI=1S/C18H13ClN4O/c19-11-6-13-12-8-16(20)21-9-15(12)22-17(13)14(7-11)23-18(24)10-4-2-1-3-5-10/h1-9,22H,(H2,20,21)(H,23,24). The maximum Gasteiger partial charge on any atom is 0.255 e. The Kier molecular flexibility index (Phi) is 3.36. The first-order chi connectivity index (χ1) is 11.6. The minimum Gasteiger partial charge on any atom is -0.384 e. The van der Waals surface area contributed by atoms with Gasteiger partial charge in [0.1, 0.15) is 5.82 Å². The molecule has 5 nitrogen and oxygen atoms in total. The Labute approximate surface area is 142 Å². The summed E-state index contributed by atoms with van der Waals surface area (Å²) in [6.45, 7) is 0. The fourth-order valence-corrected chi connectivity index (χ4v) is 2.98. The van der Waals surface area contributed by atoms with E-state index in [1.165, 1.54) is 0 Å². The monoisotopic (exact) mass is 336 g/mol. The molecule has 6 heteroatoms. The molecule has 0 unspecified atom stereocenters. The topological polar surface area (TPSA) is 83.8 Å². The molecule has 0 spiro atoms. The number of pyridine rings is 1. The number of aromatic amines is 1. The van der Waals surface area contributed by atoms with E-state index in [2.05, 4.69) is 15.3 Å². The number of H-pyrrole nitrogens is 1. The Morgan fingerprint density at radius 1 is 1.12 bits per heavy atom. The lowest BCUT2D eigenvalue weighted by Crippen LogP contribution is -2.11. The van der Waals surface area contributed by atoms with Crippen LogP contribution in [-0.2, 0) is 0 Å². The molecule has 1 amide bonds. The SMILES string of the molecule is Nc1cc2c(cn1)[nH]c1c(NC(=O)c3ccccc3)cc(Cl)cc12. The summed E-state index contributed by atoms with van der Waals surface area (Å²) < 4.78 is 0. The van der Waals surface area contributed by atoms with Crippen molar-refractivity contribution in [1.82, 2.24) is 9.97 Å². The molecular formula is C18H13ClN4O. The van der Waals surface area contributed by atoms with Crippen molar-refractivity contribution in [2.45, 2.75) is 0 Å². The number of rotatable bonds is 2. The van der Waals surface area contributed by atoms with Crippen molar-refractivity contribution in [2.24, 2.45) is 0 Å². The van der Waals surface area contributed by atoms with Crippen molar-refractivity contribution in [3.63, 3.8) is 0 Å². The number of hydrogen-bond donors (Lipinski definition) is 3. The van der Waals surface area contributed by atoms with Crippen molar-refractivity contribution in [3.05, 3.63) is 65.3 Å². The maximum atomic E-state index is 12.4. The third-order valence-corrected chi connectivity index (χ3v) is 4.08. The molecule has 2 aromatic carbocycles. The number of nitrogens with two attached hydrogens (primary N) is 1. The summed E-state index contributed by atoms with van der Waals surface area (Å²) in [5, 5.41) is 5.24. The summed E-state index contributed by atoms with van der Waals surface area (Å²) in [5.74, 6) is 0.230. The molecule has 2 heterocycles. The van der Waals surface area contributed by atoms with Crippen LogP contribution < -0.4 is 11.1 Å². The lowest BCUT2D eigenvalue weighted by molar-refractivity contribution is 0.102. The lowest BCUT2D eigenvalue weighted by atomic mass is 10.1. The average Bonchev–Trinajstić information content (AvgIpc) is 2.94. The number of benzene rings is 2. The van der Waals surface area contributed by atoms with Crippen molar-refractivity contribution >= 4 is 50.8 Å². The maximum absolute atomic E-state index is 12.4. The van der Waals surface area contributed by atoms with E-state index in [9.17, 15) is 4.79 Å². The highest BCUT2D eigenvalue weighted by Crippen LogP contribution is 2.34. The van der Waals surface area contributed by atoms with Gasteiger partial charge in [-0.25, -0.2) is 4.98 Å². The van der Waals surface area contributed by atoms with Crippen molar-refractivity contribution < 1.29 is 4.79 Å². The normalized spacial score (nSPS) is 11.0. The van der Waals surface area contributed by atoms with E-state index in [1.54, 1.807) is 30.5 Å². The second-order valence-corrected chi connectivity index (χ2v) is 5.91. The number of fused-ring (bicyclic) bond motifs is 3. The zero-order valence-electron chi connectivity index (χ0n) is 12.5. The van der Waals surface area contributed by atoms with Crippen LogP contribution in [0.15, 0.2) is 54.7 Å². The number of hydrogen-bond acceptors (Lipinski definition) is 3. The highest BCUT2D eigenvalue weighted by molar-refractivity contribution is 6.33. The molecule has 0 bridgehead atoms. The summed E-state index contributed by atoms with van der Waals surface area (Å²) in [5.41, 5.74) is 8.58. The number of amides is 1. The number of anilines is 2. The molecule has 2 aromatic heterocycles. The zero-order valence-corrected chi connectivity index (χ0v) is 13.3. The molecule has 0 aliphatic carbocycles. The Bertz CT molecular complexity index is 1070. The van der Waals surface area contributed by atoms with Crippen LogP contribution in [-0.4, -0.2) is 15.9 Å². The van der Waals surface area contributed by atoms with E-state index in [4.69, 9.17) is 17.3 Å². The number of halogens is 1. The van der Waals surface area contributed by atoms with Crippen LogP contribution in [0, 0.1) is 0 Å². The summed E-state index contributed by atoms with van der Waals surface area (Å²) in [7, 11) is 0. The second kappa shape index (κ2) is 5.54. The highest BCUT2D eigenvalue weighted by atomic mass is 35.5. The number of carbonyl (C=O) groups is 1. The summed E-state index contributed by atoms with van der Waals surface area (Å²) in [6, 6.07) is 14.4. The minimum atomic E-state index is -0.199. The molecule has 4 N–H and O–H groups in total. The van der Waals surface area contributed by atoms with Crippen LogP contribution in [0.3, 0.4) is 0 Å². The third kappa shape index (κ3) is 2.45. The molecule has 0 radical (unpaired) electrons. The van der Waals surface area contributed by atoms with Gasteiger partial charge in [0.05, 0.1) is 22.9 Å². The van der Waals surface area contributed by atoms with Gasteiger partial charge in [0.15, 0.2) is 0 Å². The fourth-order valence-electron chi connectivity index (χ4n) is 2.77.